The maximum absolute atomic E-state index is 12.6. The van der Waals surface area contributed by atoms with Gasteiger partial charge in [-0.25, -0.2) is 17.9 Å². The minimum Gasteiger partial charge on any atom is -0.495 e. The summed E-state index contributed by atoms with van der Waals surface area (Å²) in [5.41, 5.74) is 0.890. The standard InChI is InChI=1S/C20H23ClN2O6S/c1-5-22-30(26,27)15-8-6-12(2)16(11-15)20(25)29-13(3)19(24)23-17-10-14(21)7-9-18(17)28-4/h6-11,13,22H,5H2,1-4H3,(H,23,24). The second-order valence-electron chi connectivity index (χ2n) is 6.36. The molecule has 0 heterocycles. The second-order valence-corrected chi connectivity index (χ2v) is 8.56. The molecule has 1 atom stereocenters. The summed E-state index contributed by atoms with van der Waals surface area (Å²) < 4.78 is 37.1. The number of methoxy groups -OCH3 is 1. The number of nitrogens with one attached hydrogen (secondary N) is 2. The zero-order valence-corrected chi connectivity index (χ0v) is 18.6. The summed E-state index contributed by atoms with van der Waals surface area (Å²) >= 11 is 5.95. The van der Waals surface area contributed by atoms with Crippen molar-refractivity contribution in [2.75, 3.05) is 19.0 Å². The summed E-state index contributed by atoms with van der Waals surface area (Å²) in [6, 6.07) is 8.82. The third-order valence-electron chi connectivity index (χ3n) is 4.15. The van der Waals surface area contributed by atoms with E-state index in [0.717, 1.165) is 0 Å². The number of anilines is 1. The fourth-order valence-corrected chi connectivity index (χ4v) is 3.79. The van der Waals surface area contributed by atoms with Crippen LogP contribution in [0.5, 0.6) is 5.75 Å². The molecule has 0 radical (unpaired) electrons. The van der Waals surface area contributed by atoms with E-state index >= 15 is 0 Å². The van der Waals surface area contributed by atoms with Crippen molar-refractivity contribution in [3.8, 4) is 5.75 Å². The van der Waals surface area contributed by atoms with Gasteiger partial charge in [0.05, 0.1) is 23.3 Å². The Kier molecular flexibility index (Phi) is 7.83. The molecule has 0 saturated carbocycles. The van der Waals surface area contributed by atoms with E-state index in [9.17, 15) is 18.0 Å². The van der Waals surface area contributed by atoms with Gasteiger partial charge in [-0.05, 0) is 49.7 Å². The summed E-state index contributed by atoms with van der Waals surface area (Å²) in [6.07, 6.45) is -1.16. The van der Waals surface area contributed by atoms with Gasteiger partial charge in [0.25, 0.3) is 5.91 Å². The average molecular weight is 455 g/mol. The van der Waals surface area contributed by atoms with Crippen molar-refractivity contribution in [1.29, 1.82) is 0 Å². The van der Waals surface area contributed by atoms with E-state index < -0.39 is 28.0 Å². The van der Waals surface area contributed by atoms with Crippen molar-refractivity contribution < 1.29 is 27.5 Å². The first-order valence-corrected chi connectivity index (χ1v) is 10.9. The minimum atomic E-state index is -3.74. The largest absolute Gasteiger partial charge is 0.495 e. The Labute approximate surface area is 180 Å². The quantitative estimate of drug-likeness (QED) is 0.593. The van der Waals surface area contributed by atoms with E-state index in [0.29, 0.717) is 22.0 Å². The van der Waals surface area contributed by atoms with Crippen molar-refractivity contribution in [3.05, 3.63) is 52.5 Å². The number of hydrogen-bond acceptors (Lipinski definition) is 6. The topological polar surface area (TPSA) is 111 Å². The Morgan fingerprint density at radius 2 is 1.87 bits per heavy atom. The Morgan fingerprint density at radius 1 is 1.17 bits per heavy atom. The normalized spacial score (nSPS) is 12.2. The highest BCUT2D eigenvalue weighted by Gasteiger charge is 2.23. The lowest BCUT2D eigenvalue weighted by Gasteiger charge is -2.16. The van der Waals surface area contributed by atoms with Gasteiger partial charge in [-0.2, -0.15) is 0 Å². The fraction of sp³-hybridized carbons (Fsp3) is 0.300. The lowest BCUT2D eigenvalue weighted by molar-refractivity contribution is -0.123. The summed E-state index contributed by atoms with van der Waals surface area (Å²) in [6.45, 7) is 4.90. The predicted octanol–water partition coefficient (Wildman–Crippen LogP) is 3.14. The molecular formula is C20H23ClN2O6S. The maximum Gasteiger partial charge on any atom is 0.339 e. The highest BCUT2D eigenvalue weighted by Crippen LogP contribution is 2.28. The molecule has 8 nitrogen and oxygen atoms in total. The van der Waals surface area contributed by atoms with Crippen molar-refractivity contribution in [1.82, 2.24) is 4.72 Å². The number of rotatable bonds is 8. The first-order valence-electron chi connectivity index (χ1n) is 9.04. The average Bonchev–Trinajstić information content (AvgIpc) is 2.68. The summed E-state index contributed by atoms with van der Waals surface area (Å²) in [4.78, 5) is 25.0. The van der Waals surface area contributed by atoms with Crippen LogP contribution in [-0.4, -0.2) is 40.1 Å². The smallest absolute Gasteiger partial charge is 0.339 e. The van der Waals surface area contributed by atoms with Crippen molar-refractivity contribution in [3.63, 3.8) is 0 Å². The zero-order chi connectivity index (χ0) is 22.5. The molecule has 0 fully saturated rings. The number of aryl methyl sites for hydroxylation is 1. The number of halogens is 1. The van der Waals surface area contributed by atoms with Gasteiger partial charge in [-0.3, -0.25) is 4.79 Å². The lowest BCUT2D eigenvalue weighted by Crippen LogP contribution is -2.30. The van der Waals surface area contributed by atoms with Crippen LogP contribution in [0.15, 0.2) is 41.3 Å². The maximum atomic E-state index is 12.6. The highest BCUT2D eigenvalue weighted by atomic mass is 35.5. The first kappa shape index (κ1) is 23.7. The third-order valence-corrected chi connectivity index (χ3v) is 5.92. The molecule has 0 saturated heterocycles. The highest BCUT2D eigenvalue weighted by molar-refractivity contribution is 7.89. The third kappa shape index (κ3) is 5.71. The summed E-state index contributed by atoms with van der Waals surface area (Å²) in [5.74, 6) is -1.02. The van der Waals surface area contributed by atoms with Crippen molar-refractivity contribution in [2.45, 2.75) is 31.8 Å². The van der Waals surface area contributed by atoms with E-state index in [-0.39, 0.29) is 17.0 Å². The predicted molar refractivity (Wildman–Crippen MR) is 114 cm³/mol. The van der Waals surface area contributed by atoms with Crippen molar-refractivity contribution in [2.24, 2.45) is 0 Å². The SMILES string of the molecule is CCNS(=O)(=O)c1ccc(C)c(C(=O)OC(C)C(=O)Nc2cc(Cl)ccc2OC)c1. The van der Waals surface area contributed by atoms with Gasteiger partial charge >= 0.3 is 5.97 Å². The van der Waals surface area contributed by atoms with Gasteiger partial charge in [0.15, 0.2) is 6.10 Å². The van der Waals surface area contributed by atoms with Crippen molar-refractivity contribution >= 4 is 39.2 Å². The van der Waals surface area contributed by atoms with E-state index in [1.165, 1.54) is 38.3 Å². The molecule has 2 rings (SSSR count). The second kappa shape index (κ2) is 9.92. The number of ether oxygens (including phenoxy) is 2. The van der Waals surface area contributed by atoms with Gasteiger partial charge in [0, 0.05) is 11.6 Å². The van der Waals surface area contributed by atoms with Crippen LogP contribution in [0, 0.1) is 6.92 Å². The lowest BCUT2D eigenvalue weighted by atomic mass is 10.1. The summed E-state index contributed by atoms with van der Waals surface area (Å²) in [5, 5.41) is 2.99. The molecule has 2 N–H and O–H groups in total. The Balaban J connectivity index is 2.17. The van der Waals surface area contributed by atoms with Gasteiger partial charge in [-0.15, -0.1) is 0 Å². The zero-order valence-electron chi connectivity index (χ0n) is 17.0. The van der Waals surface area contributed by atoms with E-state index in [1.807, 2.05) is 0 Å². The Morgan fingerprint density at radius 3 is 2.50 bits per heavy atom. The number of carbonyl (C=O) groups excluding carboxylic acids is 2. The van der Waals surface area contributed by atoms with Crippen LogP contribution in [0.1, 0.15) is 29.8 Å². The molecule has 162 valence electrons. The van der Waals surface area contributed by atoms with E-state index in [4.69, 9.17) is 21.1 Å². The van der Waals surface area contributed by atoms with Crippen LogP contribution in [0.2, 0.25) is 5.02 Å². The van der Waals surface area contributed by atoms with Crippen LogP contribution in [0.4, 0.5) is 5.69 Å². The molecule has 10 heteroatoms. The number of sulfonamides is 1. The van der Waals surface area contributed by atoms with Crippen LogP contribution >= 0.6 is 11.6 Å². The molecular weight excluding hydrogens is 432 g/mol. The molecule has 1 amide bonds. The number of hydrogen-bond donors (Lipinski definition) is 2. The molecule has 2 aromatic rings. The number of benzene rings is 2. The van der Waals surface area contributed by atoms with Crippen LogP contribution in [-0.2, 0) is 19.6 Å². The molecule has 0 aromatic heterocycles. The van der Waals surface area contributed by atoms with Gasteiger partial charge in [0.1, 0.15) is 5.75 Å². The number of esters is 1. The van der Waals surface area contributed by atoms with Crippen LogP contribution in [0.25, 0.3) is 0 Å². The van der Waals surface area contributed by atoms with Gasteiger partial charge in [0.2, 0.25) is 10.0 Å². The Bertz CT molecular complexity index is 1060. The summed E-state index contributed by atoms with van der Waals surface area (Å²) in [7, 11) is -2.30. The molecule has 30 heavy (non-hydrogen) atoms. The number of amides is 1. The van der Waals surface area contributed by atoms with Crippen LogP contribution in [0.3, 0.4) is 0 Å². The van der Waals surface area contributed by atoms with E-state index in [2.05, 4.69) is 10.0 Å². The van der Waals surface area contributed by atoms with E-state index in [1.54, 1.807) is 26.0 Å². The molecule has 2 aromatic carbocycles. The number of carbonyl (C=O) groups is 2. The molecule has 0 spiro atoms. The monoisotopic (exact) mass is 454 g/mol. The minimum absolute atomic E-state index is 0.0500. The van der Waals surface area contributed by atoms with Crippen LogP contribution < -0.4 is 14.8 Å². The van der Waals surface area contributed by atoms with Gasteiger partial charge < -0.3 is 14.8 Å². The molecule has 0 aliphatic carbocycles. The molecule has 0 aliphatic rings. The Hall–Kier alpha value is -2.62. The first-order chi connectivity index (χ1) is 14.1. The molecule has 1 unspecified atom stereocenters. The fourth-order valence-electron chi connectivity index (χ4n) is 2.55. The molecule has 0 bridgehead atoms. The van der Waals surface area contributed by atoms with Gasteiger partial charge in [-0.1, -0.05) is 24.6 Å². The molecule has 0 aliphatic heterocycles.